The van der Waals surface area contributed by atoms with Gasteiger partial charge < -0.3 is 10.4 Å². The van der Waals surface area contributed by atoms with Gasteiger partial charge in [-0.2, -0.15) is 0 Å². The molecule has 0 unspecified atom stereocenters. The molecule has 0 heterocycles. The number of carboxylic acid groups (broad SMARTS) is 1. The van der Waals surface area contributed by atoms with Crippen LogP contribution in [0.25, 0.3) is 0 Å². The molecule has 0 saturated heterocycles. The molecule has 3 nitrogen and oxygen atoms in total. The lowest BCUT2D eigenvalue weighted by Gasteiger charge is -2.09. The molecule has 0 aliphatic heterocycles. The molecule has 2 aromatic carbocycles. The number of halogens is 3. The molecule has 104 valence electrons. The molecule has 0 atom stereocenters. The van der Waals surface area contributed by atoms with Crippen LogP contribution in [0, 0.1) is 11.6 Å². The van der Waals surface area contributed by atoms with Crippen LogP contribution in [0.15, 0.2) is 36.4 Å². The highest BCUT2D eigenvalue weighted by molar-refractivity contribution is 6.33. The standard InChI is InChI=1S/C14H10ClF2NO2/c15-10-6-9(14(19)20)2-4-13(10)18-7-8-1-3-11(16)12(17)5-8/h1-6,18H,7H2,(H,19,20). The molecule has 0 saturated carbocycles. The first-order valence-electron chi connectivity index (χ1n) is 5.68. The van der Waals surface area contributed by atoms with Crippen LogP contribution in [0.5, 0.6) is 0 Å². The third kappa shape index (κ3) is 3.24. The summed E-state index contributed by atoms with van der Waals surface area (Å²) >= 11 is 5.94. The Bertz CT molecular complexity index is 662. The van der Waals surface area contributed by atoms with E-state index in [1.54, 1.807) is 0 Å². The average molecular weight is 298 g/mol. The van der Waals surface area contributed by atoms with Gasteiger partial charge >= 0.3 is 5.97 Å². The Morgan fingerprint density at radius 3 is 2.50 bits per heavy atom. The zero-order valence-electron chi connectivity index (χ0n) is 10.2. The SMILES string of the molecule is O=C(O)c1ccc(NCc2ccc(F)c(F)c2)c(Cl)c1. The smallest absolute Gasteiger partial charge is 0.335 e. The Balaban J connectivity index is 2.10. The van der Waals surface area contributed by atoms with E-state index in [-0.39, 0.29) is 17.1 Å². The van der Waals surface area contributed by atoms with E-state index in [1.165, 1.54) is 24.3 Å². The minimum atomic E-state index is -1.07. The number of anilines is 1. The summed E-state index contributed by atoms with van der Waals surface area (Å²) in [5, 5.41) is 12.0. The second-order valence-corrected chi connectivity index (χ2v) is 4.51. The van der Waals surface area contributed by atoms with Crippen LogP contribution in [0.2, 0.25) is 5.02 Å². The van der Waals surface area contributed by atoms with Crippen molar-refractivity contribution in [3.8, 4) is 0 Å². The van der Waals surface area contributed by atoms with E-state index in [1.807, 2.05) is 0 Å². The van der Waals surface area contributed by atoms with E-state index < -0.39 is 17.6 Å². The van der Waals surface area contributed by atoms with Gasteiger partial charge in [-0.1, -0.05) is 17.7 Å². The van der Waals surface area contributed by atoms with Gasteiger partial charge in [-0.3, -0.25) is 0 Å². The summed E-state index contributed by atoms with van der Waals surface area (Å²) in [6, 6.07) is 7.82. The number of aromatic carboxylic acids is 1. The van der Waals surface area contributed by atoms with E-state index in [0.717, 1.165) is 12.1 Å². The van der Waals surface area contributed by atoms with Gasteiger partial charge in [0.2, 0.25) is 0 Å². The molecular weight excluding hydrogens is 288 g/mol. The molecule has 0 aromatic heterocycles. The first-order valence-corrected chi connectivity index (χ1v) is 6.06. The second kappa shape index (κ2) is 5.88. The van der Waals surface area contributed by atoms with Crippen LogP contribution >= 0.6 is 11.6 Å². The van der Waals surface area contributed by atoms with Crippen LogP contribution in [0.1, 0.15) is 15.9 Å². The fourth-order valence-corrected chi connectivity index (χ4v) is 1.89. The van der Waals surface area contributed by atoms with Crippen molar-refractivity contribution in [2.75, 3.05) is 5.32 Å². The number of hydrogen-bond donors (Lipinski definition) is 2. The van der Waals surface area contributed by atoms with Crippen molar-refractivity contribution in [1.82, 2.24) is 0 Å². The highest BCUT2D eigenvalue weighted by Crippen LogP contribution is 2.24. The van der Waals surface area contributed by atoms with E-state index in [9.17, 15) is 13.6 Å². The summed E-state index contributed by atoms with van der Waals surface area (Å²) in [4.78, 5) is 10.8. The Morgan fingerprint density at radius 2 is 1.90 bits per heavy atom. The molecular formula is C14H10ClF2NO2. The Morgan fingerprint density at radius 1 is 1.15 bits per heavy atom. The molecule has 2 rings (SSSR count). The van der Waals surface area contributed by atoms with Crippen LogP contribution in [-0.2, 0) is 6.54 Å². The fourth-order valence-electron chi connectivity index (χ4n) is 1.64. The molecule has 20 heavy (non-hydrogen) atoms. The van der Waals surface area contributed by atoms with Crippen LogP contribution in [-0.4, -0.2) is 11.1 Å². The minimum absolute atomic E-state index is 0.0772. The predicted octanol–water partition coefficient (Wildman–Crippen LogP) is 3.93. The molecule has 0 aliphatic carbocycles. The highest BCUT2D eigenvalue weighted by Gasteiger charge is 2.07. The van der Waals surface area contributed by atoms with Gasteiger partial charge in [0.25, 0.3) is 0 Å². The summed E-state index contributed by atoms with van der Waals surface area (Å²) in [5.74, 6) is -2.90. The van der Waals surface area contributed by atoms with Gasteiger partial charge in [0.05, 0.1) is 16.3 Å². The first-order chi connectivity index (χ1) is 9.47. The van der Waals surface area contributed by atoms with E-state index in [4.69, 9.17) is 16.7 Å². The molecule has 0 fully saturated rings. The quantitative estimate of drug-likeness (QED) is 0.899. The third-order valence-corrected chi connectivity index (χ3v) is 3.00. The zero-order chi connectivity index (χ0) is 14.7. The lowest BCUT2D eigenvalue weighted by molar-refractivity contribution is 0.0697. The van der Waals surface area contributed by atoms with Gasteiger partial charge in [0.15, 0.2) is 11.6 Å². The molecule has 2 N–H and O–H groups in total. The molecule has 0 aliphatic rings. The largest absolute Gasteiger partial charge is 0.478 e. The Labute approximate surface area is 118 Å². The fraction of sp³-hybridized carbons (Fsp3) is 0.0714. The van der Waals surface area contributed by atoms with Crippen molar-refractivity contribution in [2.24, 2.45) is 0 Å². The lowest BCUT2D eigenvalue weighted by atomic mass is 10.2. The van der Waals surface area contributed by atoms with Crippen molar-refractivity contribution < 1.29 is 18.7 Å². The maximum absolute atomic E-state index is 13.0. The molecule has 6 heteroatoms. The number of benzene rings is 2. The maximum Gasteiger partial charge on any atom is 0.335 e. The first kappa shape index (κ1) is 14.3. The molecule has 0 spiro atoms. The lowest BCUT2D eigenvalue weighted by Crippen LogP contribution is -2.02. The summed E-state index contributed by atoms with van der Waals surface area (Å²) < 4.78 is 25.8. The van der Waals surface area contributed by atoms with E-state index >= 15 is 0 Å². The summed E-state index contributed by atoms with van der Waals surface area (Å²) in [6.07, 6.45) is 0. The number of carbonyl (C=O) groups is 1. The predicted molar refractivity (Wildman–Crippen MR) is 72.1 cm³/mol. The van der Waals surface area contributed by atoms with Crippen molar-refractivity contribution in [3.63, 3.8) is 0 Å². The summed E-state index contributed by atoms with van der Waals surface area (Å²) in [5.41, 5.74) is 1.14. The molecule has 0 amide bonds. The van der Waals surface area contributed by atoms with Gasteiger partial charge in [-0.25, -0.2) is 13.6 Å². The van der Waals surface area contributed by atoms with Crippen LogP contribution in [0.4, 0.5) is 14.5 Å². The molecule has 2 aromatic rings. The van der Waals surface area contributed by atoms with Gasteiger partial charge in [-0.05, 0) is 35.9 Å². The van der Waals surface area contributed by atoms with Crippen molar-refractivity contribution in [1.29, 1.82) is 0 Å². The van der Waals surface area contributed by atoms with Crippen LogP contribution < -0.4 is 5.32 Å². The van der Waals surface area contributed by atoms with Crippen LogP contribution in [0.3, 0.4) is 0 Å². The maximum atomic E-state index is 13.0. The number of nitrogens with one attached hydrogen (secondary N) is 1. The topological polar surface area (TPSA) is 49.3 Å². The number of carboxylic acids is 1. The monoisotopic (exact) mass is 297 g/mol. The van der Waals surface area contributed by atoms with E-state index in [0.29, 0.717) is 11.3 Å². The third-order valence-electron chi connectivity index (χ3n) is 2.68. The van der Waals surface area contributed by atoms with E-state index in [2.05, 4.69) is 5.32 Å². The minimum Gasteiger partial charge on any atom is -0.478 e. The van der Waals surface area contributed by atoms with Crippen molar-refractivity contribution in [2.45, 2.75) is 6.54 Å². The Kier molecular flexibility index (Phi) is 4.20. The highest BCUT2D eigenvalue weighted by atomic mass is 35.5. The van der Waals surface area contributed by atoms with Crippen molar-refractivity contribution in [3.05, 3.63) is 64.2 Å². The Hall–Kier alpha value is -2.14. The second-order valence-electron chi connectivity index (χ2n) is 4.10. The molecule has 0 radical (unpaired) electrons. The summed E-state index contributed by atoms with van der Waals surface area (Å²) in [6.45, 7) is 0.239. The average Bonchev–Trinajstić information content (AvgIpc) is 2.41. The summed E-state index contributed by atoms with van der Waals surface area (Å²) in [7, 11) is 0. The van der Waals surface area contributed by atoms with Gasteiger partial charge in [0.1, 0.15) is 0 Å². The van der Waals surface area contributed by atoms with Gasteiger partial charge in [-0.15, -0.1) is 0 Å². The zero-order valence-corrected chi connectivity index (χ0v) is 10.9. The van der Waals surface area contributed by atoms with Crippen molar-refractivity contribution >= 4 is 23.3 Å². The number of rotatable bonds is 4. The molecule has 0 bridgehead atoms. The normalized spacial score (nSPS) is 10.3. The van der Waals surface area contributed by atoms with Gasteiger partial charge in [0, 0.05) is 6.54 Å². The number of hydrogen-bond acceptors (Lipinski definition) is 2.